The Hall–Kier alpha value is -0.160. The quantitative estimate of drug-likeness (QED) is 0.696. The molecule has 0 aromatic rings. The molecule has 112 valence electrons. The van der Waals surface area contributed by atoms with Gasteiger partial charge in [-0.2, -0.15) is 0 Å². The SMILES string of the molecule is CC(C)NC(CO)(CN(C)CC1CCCO1)C1CC1. The number of hydrogen-bond donors (Lipinski definition) is 2. The van der Waals surface area contributed by atoms with E-state index >= 15 is 0 Å². The van der Waals surface area contributed by atoms with Gasteiger partial charge >= 0.3 is 0 Å². The van der Waals surface area contributed by atoms with Crippen molar-refractivity contribution < 1.29 is 9.84 Å². The fourth-order valence-electron chi connectivity index (χ4n) is 3.41. The normalized spacial score (nSPS) is 27.2. The van der Waals surface area contributed by atoms with Crippen LogP contribution in [0.3, 0.4) is 0 Å². The highest BCUT2D eigenvalue weighted by molar-refractivity contribution is 5.03. The summed E-state index contributed by atoms with van der Waals surface area (Å²) in [6, 6.07) is 0.406. The zero-order chi connectivity index (χ0) is 13.9. The fraction of sp³-hybridized carbons (Fsp3) is 1.00. The van der Waals surface area contributed by atoms with E-state index in [4.69, 9.17) is 4.74 Å². The summed E-state index contributed by atoms with van der Waals surface area (Å²) in [5.41, 5.74) is -0.123. The van der Waals surface area contributed by atoms with Crippen molar-refractivity contribution in [1.29, 1.82) is 0 Å². The lowest BCUT2D eigenvalue weighted by molar-refractivity contribution is 0.0505. The molecule has 0 aromatic carbocycles. The van der Waals surface area contributed by atoms with Gasteiger partial charge in [-0.15, -0.1) is 0 Å². The van der Waals surface area contributed by atoms with E-state index in [2.05, 4.69) is 31.1 Å². The number of likely N-dealkylation sites (N-methyl/N-ethyl adjacent to an activating group) is 1. The highest BCUT2D eigenvalue weighted by Gasteiger charge is 2.45. The summed E-state index contributed by atoms with van der Waals surface area (Å²) in [5, 5.41) is 13.6. The Balaban J connectivity index is 1.90. The summed E-state index contributed by atoms with van der Waals surface area (Å²) in [7, 11) is 2.15. The molecule has 2 N–H and O–H groups in total. The Kier molecular flexibility index (Phi) is 5.23. The Bertz CT molecular complexity index is 275. The number of ether oxygens (including phenoxy) is 1. The molecule has 2 fully saturated rings. The van der Waals surface area contributed by atoms with Gasteiger partial charge in [-0.25, -0.2) is 0 Å². The Morgan fingerprint density at radius 3 is 2.58 bits per heavy atom. The van der Waals surface area contributed by atoms with Gasteiger partial charge in [0.25, 0.3) is 0 Å². The minimum Gasteiger partial charge on any atom is -0.394 e. The van der Waals surface area contributed by atoms with Crippen LogP contribution in [0.5, 0.6) is 0 Å². The number of rotatable bonds is 8. The second-order valence-corrected chi connectivity index (χ2v) is 6.72. The second-order valence-electron chi connectivity index (χ2n) is 6.72. The Labute approximate surface area is 117 Å². The number of aliphatic hydroxyl groups excluding tert-OH is 1. The van der Waals surface area contributed by atoms with Crippen molar-refractivity contribution >= 4 is 0 Å². The zero-order valence-electron chi connectivity index (χ0n) is 12.7. The molecule has 0 bridgehead atoms. The average molecular weight is 270 g/mol. The van der Waals surface area contributed by atoms with E-state index in [1.165, 1.54) is 25.7 Å². The van der Waals surface area contributed by atoms with Gasteiger partial charge in [-0.1, -0.05) is 13.8 Å². The molecular weight excluding hydrogens is 240 g/mol. The van der Waals surface area contributed by atoms with Crippen molar-refractivity contribution in [2.75, 3.05) is 33.4 Å². The molecule has 0 radical (unpaired) electrons. The Morgan fingerprint density at radius 2 is 2.11 bits per heavy atom. The lowest BCUT2D eigenvalue weighted by atomic mass is 9.92. The van der Waals surface area contributed by atoms with Gasteiger partial charge in [0.15, 0.2) is 0 Å². The van der Waals surface area contributed by atoms with E-state index in [-0.39, 0.29) is 12.1 Å². The molecule has 1 heterocycles. The summed E-state index contributed by atoms with van der Waals surface area (Å²) in [5.74, 6) is 0.631. The van der Waals surface area contributed by atoms with Crippen molar-refractivity contribution in [1.82, 2.24) is 10.2 Å². The second kappa shape index (κ2) is 6.53. The summed E-state index contributed by atoms with van der Waals surface area (Å²) < 4.78 is 5.70. The van der Waals surface area contributed by atoms with Gasteiger partial charge in [0.2, 0.25) is 0 Å². The fourth-order valence-corrected chi connectivity index (χ4v) is 3.41. The molecule has 0 amide bonds. The van der Waals surface area contributed by atoms with Crippen LogP contribution in [-0.2, 0) is 4.74 Å². The first-order valence-corrected chi connectivity index (χ1v) is 7.74. The summed E-state index contributed by atoms with van der Waals surface area (Å²) in [6.45, 7) is 7.35. The summed E-state index contributed by atoms with van der Waals surface area (Å²) in [4.78, 5) is 2.33. The summed E-state index contributed by atoms with van der Waals surface area (Å²) in [6.07, 6.45) is 5.25. The van der Waals surface area contributed by atoms with Gasteiger partial charge < -0.3 is 20.1 Å². The minimum atomic E-state index is -0.123. The van der Waals surface area contributed by atoms with Crippen LogP contribution >= 0.6 is 0 Å². The maximum absolute atomic E-state index is 9.93. The van der Waals surface area contributed by atoms with Crippen molar-refractivity contribution in [2.45, 2.75) is 57.2 Å². The highest BCUT2D eigenvalue weighted by atomic mass is 16.5. The number of hydrogen-bond acceptors (Lipinski definition) is 4. The molecule has 2 aliphatic rings. The monoisotopic (exact) mass is 270 g/mol. The first-order chi connectivity index (χ1) is 9.05. The molecule has 0 spiro atoms. The molecule has 2 atom stereocenters. The van der Waals surface area contributed by atoms with E-state index in [1.807, 2.05) is 0 Å². The Morgan fingerprint density at radius 1 is 1.37 bits per heavy atom. The summed E-state index contributed by atoms with van der Waals surface area (Å²) >= 11 is 0. The van der Waals surface area contributed by atoms with Gasteiger partial charge in [-0.3, -0.25) is 0 Å². The molecule has 1 aliphatic carbocycles. The van der Waals surface area contributed by atoms with Crippen LogP contribution in [0.15, 0.2) is 0 Å². The lowest BCUT2D eigenvalue weighted by Crippen LogP contribution is -2.60. The number of nitrogens with zero attached hydrogens (tertiary/aromatic N) is 1. The van der Waals surface area contributed by atoms with Crippen molar-refractivity contribution in [2.24, 2.45) is 5.92 Å². The third kappa shape index (κ3) is 4.15. The maximum Gasteiger partial charge on any atom is 0.0702 e. The maximum atomic E-state index is 9.93. The van der Waals surface area contributed by atoms with Crippen LogP contribution in [-0.4, -0.2) is 61.0 Å². The molecule has 2 unspecified atom stereocenters. The molecule has 19 heavy (non-hydrogen) atoms. The first kappa shape index (κ1) is 15.2. The van der Waals surface area contributed by atoms with Gasteiger partial charge in [0, 0.05) is 25.7 Å². The van der Waals surface area contributed by atoms with Crippen LogP contribution in [0.1, 0.15) is 39.5 Å². The molecular formula is C15H30N2O2. The van der Waals surface area contributed by atoms with Crippen molar-refractivity contribution in [3.63, 3.8) is 0 Å². The topological polar surface area (TPSA) is 44.7 Å². The minimum absolute atomic E-state index is 0.123. The van der Waals surface area contributed by atoms with Crippen molar-refractivity contribution in [3.8, 4) is 0 Å². The van der Waals surface area contributed by atoms with Crippen LogP contribution in [0.2, 0.25) is 0 Å². The lowest BCUT2D eigenvalue weighted by Gasteiger charge is -2.39. The molecule has 1 aliphatic heterocycles. The number of nitrogens with one attached hydrogen (secondary N) is 1. The smallest absolute Gasteiger partial charge is 0.0702 e. The van der Waals surface area contributed by atoms with Gasteiger partial charge in [-0.05, 0) is 38.6 Å². The predicted octanol–water partition coefficient (Wildman–Crippen LogP) is 1.24. The zero-order valence-corrected chi connectivity index (χ0v) is 12.7. The predicted molar refractivity (Wildman–Crippen MR) is 77.3 cm³/mol. The van der Waals surface area contributed by atoms with E-state index in [1.54, 1.807) is 0 Å². The van der Waals surface area contributed by atoms with Crippen LogP contribution < -0.4 is 5.32 Å². The molecule has 4 nitrogen and oxygen atoms in total. The highest BCUT2D eigenvalue weighted by Crippen LogP contribution is 2.40. The van der Waals surface area contributed by atoms with E-state index < -0.39 is 0 Å². The molecule has 1 saturated carbocycles. The van der Waals surface area contributed by atoms with Crippen LogP contribution in [0, 0.1) is 5.92 Å². The number of aliphatic hydroxyl groups is 1. The molecule has 0 aromatic heterocycles. The van der Waals surface area contributed by atoms with Crippen molar-refractivity contribution in [3.05, 3.63) is 0 Å². The van der Waals surface area contributed by atoms with Crippen LogP contribution in [0.4, 0.5) is 0 Å². The standard InChI is InChI=1S/C15H30N2O2/c1-12(2)16-15(11-18,13-6-7-13)10-17(3)9-14-5-4-8-19-14/h12-14,16,18H,4-11H2,1-3H3. The largest absolute Gasteiger partial charge is 0.394 e. The van der Waals surface area contributed by atoms with E-state index in [9.17, 15) is 5.11 Å². The molecule has 1 saturated heterocycles. The van der Waals surface area contributed by atoms with E-state index in [0.29, 0.717) is 18.1 Å². The van der Waals surface area contributed by atoms with Gasteiger partial charge in [0.05, 0.1) is 18.2 Å². The molecule has 2 rings (SSSR count). The average Bonchev–Trinajstić information content (AvgIpc) is 3.08. The van der Waals surface area contributed by atoms with Gasteiger partial charge in [0.1, 0.15) is 0 Å². The third-order valence-corrected chi connectivity index (χ3v) is 4.31. The van der Waals surface area contributed by atoms with Crippen LogP contribution in [0.25, 0.3) is 0 Å². The third-order valence-electron chi connectivity index (χ3n) is 4.31. The van der Waals surface area contributed by atoms with E-state index in [0.717, 1.165) is 19.7 Å². The first-order valence-electron chi connectivity index (χ1n) is 7.74. The molecule has 4 heteroatoms.